The van der Waals surface area contributed by atoms with E-state index in [0.29, 0.717) is 30.2 Å². The van der Waals surface area contributed by atoms with E-state index in [0.717, 1.165) is 18.8 Å². The molecule has 1 aromatic carbocycles. The number of benzene rings is 1. The number of carbonyl (C=O) groups excluding carboxylic acids is 2. The third kappa shape index (κ3) is 4.41. The van der Waals surface area contributed by atoms with Gasteiger partial charge in [-0.25, -0.2) is 0 Å². The second-order valence-electron chi connectivity index (χ2n) is 7.09. The van der Waals surface area contributed by atoms with Crippen LogP contribution in [0.25, 0.3) is 0 Å². The van der Waals surface area contributed by atoms with Gasteiger partial charge < -0.3 is 15.1 Å². The number of rotatable bonds is 3. The highest BCUT2D eigenvalue weighted by molar-refractivity contribution is 6.33. The topological polar surface area (TPSA) is 52.7 Å². The summed E-state index contributed by atoms with van der Waals surface area (Å²) < 4.78 is 0. The summed E-state index contributed by atoms with van der Waals surface area (Å²) in [6, 6.07) is 5.58. The van der Waals surface area contributed by atoms with Crippen molar-refractivity contribution in [1.29, 1.82) is 0 Å². The number of hydrogen-bond donors (Lipinski definition) is 1. The Morgan fingerprint density at radius 3 is 2.29 bits per heavy atom. The van der Waals surface area contributed by atoms with Crippen molar-refractivity contribution in [2.75, 3.05) is 36.4 Å². The summed E-state index contributed by atoms with van der Waals surface area (Å²) in [5, 5.41) is 3.50. The van der Waals surface area contributed by atoms with Crippen LogP contribution in [-0.4, -0.2) is 42.9 Å². The molecule has 1 aliphatic heterocycles. The van der Waals surface area contributed by atoms with E-state index >= 15 is 0 Å². The SMILES string of the molecule is CCC(=O)N1CCN(c2ccc(NC(=O)C(C)(C)C)cc2Cl)CC1. The van der Waals surface area contributed by atoms with E-state index in [4.69, 9.17) is 11.6 Å². The van der Waals surface area contributed by atoms with Crippen molar-refractivity contribution in [3.8, 4) is 0 Å². The highest BCUT2D eigenvalue weighted by atomic mass is 35.5. The molecular formula is C18H26ClN3O2. The third-order valence-electron chi connectivity index (χ3n) is 4.16. The fraction of sp³-hybridized carbons (Fsp3) is 0.556. The number of hydrogen-bond acceptors (Lipinski definition) is 3. The average molecular weight is 352 g/mol. The van der Waals surface area contributed by atoms with Gasteiger partial charge in [0.15, 0.2) is 0 Å². The largest absolute Gasteiger partial charge is 0.367 e. The lowest BCUT2D eigenvalue weighted by Crippen LogP contribution is -2.48. The number of halogens is 1. The summed E-state index contributed by atoms with van der Waals surface area (Å²) in [7, 11) is 0. The molecule has 0 atom stereocenters. The van der Waals surface area contributed by atoms with Gasteiger partial charge in [0.1, 0.15) is 0 Å². The molecule has 1 aliphatic rings. The minimum atomic E-state index is -0.451. The van der Waals surface area contributed by atoms with Crippen molar-refractivity contribution >= 4 is 34.8 Å². The molecule has 0 radical (unpaired) electrons. The fourth-order valence-electron chi connectivity index (χ4n) is 2.58. The highest BCUT2D eigenvalue weighted by Crippen LogP contribution is 2.30. The van der Waals surface area contributed by atoms with Gasteiger partial charge in [-0.05, 0) is 18.2 Å². The molecule has 1 saturated heterocycles. The van der Waals surface area contributed by atoms with Crippen LogP contribution in [0.4, 0.5) is 11.4 Å². The maximum Gasteiger partial charge on any atom is 0.229 e. The van der Waals surface area contributed by atoms with Crippen LogP contribution in [0.2, 0.25) is 5.02 Å². The molecule has 6 heteroatoms. The Labute approximate surface area is 149 Å². The van der Waals surface area contributed by atoms with E-state index in [1.54, 1.807) is 6.07 Å². The third-order valence-corrected chi connectivity index (χ3v) is 4.46. The second-order valence-corrected chi connectivity index (χ2v) is 7.50. The molecule has 5 nitrogen and oxygen atoms in total. The number of piperazine rings is 1. The molecule has 1 heterocycles. The summed E-state index contributed by atoms with van der Waals surface area (Å²) >= 11 is 6.41. The molecule has 132 valence electrons. The maximum absolute atomic E-state index is 12.1. The van der Waals surface area contributed by atoms with Gasteiger partial charge >= 0.3 is 0 Å². The Morgan fingerprint density at radius 2 is 1.79 bits per heavy atom. The highest BCUT2D eigenvalue weighted by Gasteiger charge is 2.23. The first-order valence-electron chi connectivity index (χ1n) is 8.36. The molecule has 0 saturated carbocycles. The zero-order valence-corrected chi connectivity index (χ0v) is 15.6. The minimum Gasteiger partial charge on any atom is -0.367 e. The monoisotopic (exact) mass is 351 g/mol. The molecule has 0 aromatic heterocycles. The van der Waals surface area contributed by atoms with E-state index in [-0.39, 0.29) is 11.8 Å². The van der Waals surface area contributed by atoms with Gasteiger partial charge in [-0.2, -0.15) is 0 Å². The lowest BCUT2D eigenvalue weighted by atomic mass is 9.95. The molecule has 2 rings (SSSR count). The van der Waals surface area contributed by atoms with Crippen molar-refractivity contribution in [2.24, 2.45) is 5.41 Å². The second kappa shape index (κ2) is 7.43. The lowest BCUT2D eigenvalue weighted by Gasteiger charge is -2.36. The standard InChI is InChI=1S/C18H26ClN3O2/c1-5-16(23)22-10-8-21(9-11-22)15-7-6-13(12-14(15)19)20-17(24)18(2,3)4/h6-7,12H,5,8-11H2,1-4H3,(H,20,24). The summed E-state index contributed by atoms with van der Waals surface area (Å²) in [6.07, 6.45) is 0.545. The zero-order chi connectivity index (χ0) is 17.9. The van der Waals surface area contributed by atoms with Crippen LogP contribution in [0.5, 0.6) is 0 Å². The van der Waals surface area contributed by atoms with Crippen LogP contribution in [0, 0.1) is 5.41 Å². The predicted octanol–water partition coefficient (Wildman–Crippen LogP) is 3.38. The molecule has 0 aliphatic carbocycles. The normalized spacial score (nSPS) is 15.4. The van der Waals surface area contributed by atoms with Crippen LogP contribution in [-0.2, 0) is 9.59 Å². The van der Waals surface area contributed by atoms with Crippen LogP contribution in [0.3, 0.4) is 0 Å². The van der Waals surface area contributed by atoms with Crippen molar-refractivity contribution in [3.05, 3.63) is 23.2 Å². The predicted molar refractivity (Wildman–Crippen MR) is 98.6 cm³/mol. The molecule has 0 bridgehead atoms. The van der Waals surface area contributed by atoms with Crippen LogP contribution >= 0.6 is 11.6 Å². The quantitative estimate of drug-likeness (QED) is 0.908. The molecule has 1 N–H and O–H groups in total. The van der Waals surface area contributed by atoms with Gasteiger partial charge in [-0.15, -0.1) is 0 Å². The van der Waals surface area contributed by atoms with Crippen molar-refractivity contribution in [1.82, 2.24) is 4.90 Å². The van der Waals surface area contributed by atoms with Crippen molar-refractivity contribution in [2.45, 2.75) is 34.1 Å². The van der Waals surface area contributed by atoms with E-state index in [2.05, 4.69) is 10.2 Å². The van der Waals surface area contributed by atoms with E-state index in [1.165, 1.54) is 0 Å². The van der Waals surface area contributed by atoms with Crippen LogP contribution in [0.15, 0.2) is 18.2 Å². The molecule has 0 spiro atoms. The summed E-state index contributed by atoms with van der Waals surface area (Å²) in [4.78, 5) is 27.9. The van der Waals surface area contributed by atoms with Crippen molar-refractivity contribution < 1.29 is 9.59 Å². The van der Waals surface area contributed by atoms with Crippen LogP contribution < -0.4 is 10.2 Å². The van der Waals surface area contributed by atoms with Gasteiger partial charge in [0.2, 0.25) is 11.8 Å². The number of anilines is 2. The van der Waals surface area contributed by atoms with Crippen LogP contribution in [0.1, 0.15) is 34.1 Å². The first-order valence-corrected chi connectivity index (χ1v) is 8.74. The Hall–Kier alpha value is -1.75. The Balaban J connectivity index is 2.03. The first-order chi connectivity index (χ1) is 11.2. The molecule has 1 aromatic rings. The Kier molecular flexibility index (Phi) is 5.75. The Bertz CT molecular complexity index is 617. The molecule has 0 unspecified atom stereocenters. The summed E-state index contributed by atoms with van der Waals surface area (Å²) in [5.41, 5.74) is 1.19. The fourth-order valence-corrected chi connectivity index (χ4v) is 2.88. The minimum absolute atomic E-state index is 0.0435. The van der Waals surface area contributed by atoms with E-state index in [1.807, 2.05) is 44.7 Å². The number of nitrogens with one attached hydrogen (secondary N) is 1. The lowest BCUT2D eigenvalue weighted by molar-refractivity contribution is -0.131. The maximum atomic E-state index is 12.1. The smallest absolute Gasteiger partial charge is 0.229 e. The summed E-state index contributed by atoms with van der Waals surface area (Å²) in [5.74, 6) is 0.152. The Morgan fingerprint density at radius 1 is 1.17 bits per heavy atom. The van der Waals surface area contributed by atoms with Gasteiger partial charge in [0, 0.05) is 43.7 Å². The molecule has 2 amide bonds. The average Bonchev–Trinajstić information content (AvgIpc) is 2.53. The zero-order valence-electron chi connectivity index (χ0n) is 14.9. The van der Waals surface area contributed by atoms with E-state index in [9.17, 15) is 9.59 Å². The first kappa shape index (κ1) is 18.6. The molecular weight excluding hydrogens is 326 g/mol. The van der Waals surface area contributed by atoms with Gasteiger partial charge in [0.05, 0.1) is 10.7 Å². The van der Waals surface area contributed by atoms with Crippen molar-refractivity contribution in [3.63, 3.8) is 0 Å². The van der Waals surface area contributed by atoms with Gasteiger partial charge in [-0.3, -0.25) is 9.59 Å². The van der Waals surface area contributed by atoms with E-state index < -0.39 is 5.41 Å². The number of nitrogens with zero attached hydrogens (tertiary/aromatic N) is 2. The van der Waals surface area contributed by atoms with Gasteiger partial charge in [-0.1, -0.05) is 39.3 Å². The molecule has 24 heavy (non-hydrogen) atoms. The number of amides is 2. The number of carbonyl (C=O) groups is 2. The van der Waals surface area contributed by atoms with Gasteiger partial charge in [0.25, 0.3) is 0 Å². The molecule has 1 fully saturated rings. The summed E-state index contributed by atoms with van der Waals surface area (Å²) in [6.45, 7) is 10.5.